The van der Waals surface area contributed by atoms with Crippen LogP contribution in [0.3, 0.4) is 0 Å². The van der Waals surface area contributed by atoms with Gasteiger partial charge in [0, 0.05) is 16.6 Å². The molecule has 0 aromatic heterocycles. The lowest BCUT2D eigenvalue weighted by atomic mass is 10.2. The van der Waals surface area contributed by atoms with Crippen LogP contribution in [-0.2, 0) is 21.4 Å². The summed E-state index contributed by atoms with van der Waals surface area (Å²) in [6.45, 7) is 1.05. The van der Waals surface area contributed by atoms with Crippen molar-refractivity contribution in [3.05, 3.63) is 63.1 Å². The monoisotopic (exact) mass is 421 g/mol. The molecule has 1 atom stereocenters. The van der Waals surface area contributed by atoms with E-state index in [0.29, 0.717) is 10.6 Å². The Kier molecular flexibility index (Phi) is 6.35. The fraction of sp³-hybridized carbons (Fsp3) is 0.188. The third kappa shape index (κ3) is 4.46. The molecule has 0 aliphatic carbocycles. The van der Waals surface area contributed by atoms with Gasteiger partial charge in [0.15, 0.2) is 0 Å². The minimum Gasteiger partial charge on any atom is -0.480 e. The molecule has 0 saturated heterocycles. The van der Waals surface area contributed by atoms with Crippen LogP contribution in [0.4, 0.5) is 0 Å². The molecule has 0 spiro atoms. The first-order valence-electron chi connectivity index (χ1n) is 7.07. The van der Waals surface area contributed by atoms with E-state index in [4.69, 9.17) is 34.8 Å². The van der Waals surface area contributed by atoms with E-state index in [2.05, 4.69) is 0 Å². The predicted octanol–water partition coefficient (Wildman–Crippen LogP) is 4.31. The van der Waals surface area contributed by atoms with Crippen molar-refractivity contribution in [3.63, 3.8) is 0 Å². The van der Waals surface area contributed by atoms with Crippen LogP contribution < -0.4 is 0 Å². The third-order valence-electron chi connectivity index (χ3n) is 3.55. The summed E-state index contributed by atoms with van der Waals surface area (Å²) < 4.78 is 26.9. The minimum atomic E-state index is -4.24. The van der Waals surface area contributed by atoms with E-state index in [1.54, 1.807) is 24.3 Å². The lowest BCUT2D eigenvalue weighted by Gasteiger charge is -2.26. The zero-order valence-corrected chi connectivity index (χ0v) is 16.1. The van der Waals surface area contributed by atoms with Gasteiger partial charge < -0.3 is 5.11 Å². The fourth-order valence-electron chi connectivity index (χ4n) is 2.15. The first kappa shape index (κ1) is 20.0. The molecule has 0 heterocycles. The van der Waals surface area contributed by atoms with Crippen molar-refractivity contribution < 1.29 is 18.3 Å². The first-order chi connectivity index (χ1) is 11.6. The average Bonchev–Trinajstić information content (AvgIpc) is 2.55. The Morgan fingerprint density at radius 1 is 1.12 bits per heavy atom. The standard InChI is InChI=1S/C16H14Cl3NO4S/c1-10(16(21)22)20(9-11-4-2-3-5-13(11)18)25(23,24)15-8-12(17)6-7-14(15)19/h2-8,10H,9H2,1H3,(H,21,22). The SMILES string of the molecule is CC(C(=O)O)N(Cc1ccccc1Cl)S(=O)(=O)c1cc(Cl)ccc1Cl. The number of benzene rings is 2. The molecule has 2 aromatic carbocycles. The lowest BCUT2D eigenvalue weighted by Crippen LogP contribution is -2.42. The van der Waals surface area contributed by atoms with Crippen molar-refractivity contribution >= 4 is 50.8 Å². The summed E-state index contributed by atoms with van der Waals surface area (Å²) in [5.41, 5.74) is 0.471. The van der Waals surface area contributed by atoms with Gasteiger partial charge in [0.25, 0.3) is 0 Å². The highest BCUT2D eigenvalue weighted by molar-refractivity contribution is 7.89. The number of hydrogen-bond acceptors (Lipinski definition) is 3. The predicted molar refractivity (Wildman–Crippen MR) is 97.7 cm³/mol. The number of carboxylic acids is 1. The maximum absolute atomic E-state index is 13.0. The molecule has 2 rings (SSSR count). The Morgan fingerprint density at radius 2 is 1.76 bits per heavy atom. The van der Waals surface area contributed by atoms with E-state index in [0.717, 1.165) is 4.31 Å². The van der Waals surface area contributed by atoms with Gasteiger partial charge in [-0.3, -0.25) is 4.79 Å². The second kappa shape index (κ2) is 7.93. The molecule has 0 saturated carbocycles. The Bertz CT molecular complexity index is 902. The topological polar surface area (TPSA) is 74.7 Å². The van der Waals surface area contributed by atoms with Gasteiger partial charge in [-0.1, -0.05) is 53.0 Å². The van der Waals surface area contributed by atoms with E-state index < -0.39 is 22.0 Å². The molecule has 0 fully saturated rings. The molecule has 9 heteroatoms. The van der Waals surface area contributed by atoms with Crippen LogP contribution in [0.2, 0.25) is 15.1 Å². The lowest BCUT2D eigenvalue weighted by molar-refractivity contribution is -0.141. The Hall–Kier alpha value is -1.31. The van der Waals surface area contributed by atoms with Crippen molar-refractivity contribution in [1.29, 1.82) is 0 Å². The fourth-order valence-corrected chi connectivity index (χ4v) is 4.65. The summed E-state index contributed by atoms with van der Waals surface area (Å²) in [5.74, 6) is -1.30. The number of nitrogens with zero attached hydrogens (tertiary/aromatic N) is 1. The zero-order chi connectivity index (χ0) is 18.8. The van der Waals surface area contributed by atoms with Crippen LogP contribution >= 0.6 is 34.8 Å². The molecule has 0 aliphatic rings. The average molecular weight is 423 g/mol. The van der Waals surface area contributed by atoms with Crippen LogP contribution in [0, 0.1) is 0 Å². The van der Waals surface area contributed by atoms with Gasteiger partial charge in [0.2, 0.25) is 10.0 Å². The maximum Gasteiger partial charge on any atom is 0.321 e. The normalized spacial score (nSPS) is 13.0. The molecular formula is C16H14Cl3NO4S. The van der Waals surface area contributed by atoms with Gasteiger partial charge in [0.05, 0.1) is 5.02 Å². The third-order valence-corrected chi connectivity index (χ3v) is 6.56. The van der Waals surface area contributed by atoms with Crippen molar-refractivity contribution in [3.8, 4) is 0 Å². The van der Waals surface area contributed by atoms with Crippen molar-refractivity contribution in [1.82, 2.24) is 4.31 Å². The molecule has 0 bridgehead atoms. The smallest absolute Gasteiger partial charge is 0.321 e. The number of sulfonamides is 1. The highest BCUT2D eigenvalue weighted by atomic mass is 35.5. The summed E-state index contributed by atoms with van der Waals surface area (Å²) in [6, 6.07) is 9.24. The van der Waals surface area contributed by atoms with E-state index in [9.17, 15) is 18.3 Å². The van der Waals surface area contributed by atoms with Crippen LogP contribution in [0.5, 0.6) is 0 Å². The minimum absolute atomic E-state index is 0.0499. The van der Waals surface area contributed by atoms with Crippen LogP contribution in [0.15, 0.2) is 47.4 Å². The molecule has 0 amide bonds. The number of halogens is 3. The number of carbonyl (C=O) groups is 1. The number of carboxylic acid groups (broad SMARTS) is 1. The second-order valence-corrected chi connectivity index (χ2v) is 8.34. The molecule has 5 nitrogen and oxygen atoms in total. The highest BCUT2D eigenvalue weighted by Crippen LogP contribution is 2.30. The largest absolute Gasteiger partial charge is 0.480 e. The summed E-state index contributed by atoms with van der Waals surface area (Å²) in [7, 11) is -4.24. The number of hydrogen-bond donors (Lipinski definition) is 1. The number of aliphatic carboxylic acids is 1. The molecule has 134 valence electrons. The van der Waals surface area contributed by atoms with Gasteiger partial charge in [-0.2, -0.15) is 4.31 Å². The van der Waals surface area contributed by atoms with Crippen molar-refractivity contribution in [2.24, 2.45) is 0 Å². The molecule has 25 heavy (non-hydrogen) atoms. The van der Waals surface area contributed by atoms with Gasteiger partial charge in [-0.15, -0.1) is 0 Å². The molecule has 0 aliphatic heterocycles. The van der Waals surface area contributed by atoms with E-state index in [-0.39, 0.29) is 21.5 Å². The number of rotatable bonds is 6. The van der Waals surface area contributed by atoms with Crippen LogP contribution in [0.1, 0.15) is 12.5 Å². The first-order valence-corrected chi connectivity index (χ1v) is 9.65. The van der Waals surface area contributed by atoms with Gasteiger partial charge in [0.1, 0.15) is 10.9 Å². The molecule has 1 unspecified atom stereocenters. The van der Waals surface area contributed by atoms with Crippen LogP contribution in [-0.4, -0.2) is 29.8 Å². The van der Waals surface area contributed by atoms with Crippen molar-refractivity contribution in [2.45, 2.75) is 24.4 Å². The van der Waals surface area contributed by atoms with Crippen molar-refractivity contribution in [2.75, 3.05) is 0 Å². The summed E-state index contributed by atoms with van der Waals surface area (Å²) in [6.07, 6.45) is 0. The maximum atomic E-state index is 13.0. The second-order valence-electron chi connectivity index (χ2n) is 5.23. The van der Waals surface area contributed by atoms with Gasteiger partial charge >= 0.3 is 5.97 Å². The Labute approximate surface area is 160 Å². The Morgan fingerprint density at radius 3 is 2.36 bits per heavy atom. The summed E-state index contributed by atoms with van der Waals surface area (Å²) in [4.78, 5) is 11.2. The van der Waals surface area contributed by atoms with Gasteiger partial charge in [-0.25, -0.2) is 8.42 Å². The quantitative estimate of drug-likeness (QED) is 0.752. The van der Waals surface area contributed by atoms with E-state index >= 15 is 0 Å². The molecular weight excluding hydrogens is 409 g/mol. The Balaban J connectivity index is 2.56. The molecule has 1 N–H and O–H groups in total. The van der Waals surface area contributed by atoms with E-state index in [1.807, 2.05) is 0 Å². The molecule has 0 radical (unpaired) electrons. The summed E-state index contributed by atoms with van der Waals surface area (Å²) >= 11 is 18.0. The molecule has 2 aromatic rings. The van der Waals surface area contributed by atoms with Gasteiger partial charge in [-0.05, 0) is 36.8 Å². The van der Waals surface area contributed by atoms with E-state index in [1.165, 1.54) is 25.1 Å². The zero-order valence-electron chi connectivity index (χ0n) is 13.0. The highest BCUT2D eigenvalue weighted by Gasteiger charge is 2.35. The van der Waals surface area contributed by atoms with Crippen LogP contribution in [0.25, 0.3) is 0 Å². The summed E-state index contributed by atoms with van der Waals surface area (Å²) in [5, 5.41) is 9.79.